The van der Waals surface area contributed by atoms with Gasteiger partial charge in [0.05, 0.1) is 26.0 Å². The van der Waals surface area contributed by atoms with Crippen molar-refractivity contribution in [1.29, 1.82) is 0 Å². The van der Waals surface area contributed by atoms with E-state index in [1.165, 1.54) is 6.20 Å². The Morgan fingerprint density at radius 1 is 1.44 bits per heavy atom. The van der Waals surface area contributed by atoms with Gasteiger partial charge in [0.15, 0.2) is 5.03 Å². The van der Waals surface area contributed by atoms with Gasteiger partial charge in [0.2, 0.25) is 0 Å². The SMILES string of the molecule is COCCOCCNS(=O)(=O)c1[nH]ncc1CN. The van der Waals surface area contributed by atoms with Crippen LogP contribution in [0.25, 0.3) is 0 Å². The molecule has 0 spiro atoms. The molecule has 0 radical (unpaired) electrons. The number of H-pyrrole nitrogens is 1. The van der Waals surface area contributed by atoms with Crippen LogP contribution in [0.5, 0.6) is 0 Å². The Morgan fingerprint density at radius 3 is 2.89 bits per heavy atom. The summed E-state index contributed by atoms with van der Waals surface area (Å²) in [6.07, 6.45) is 1.39. The summed E-state index contributed by atoms with van der Waals surface area (Å²) in [5.41, 5.74) is 5.86. The summed E-state index contributed by atoms with van der Waals surface area (Å²) in [6.45, 7) is 1.46. The van der Waals surface area contributed by atoms with Crippen molar-refractivity contribution in [2.45, 2.75) is 11.6 Å². The highest BCUT2D eigenvalue weighted by molar-refractivity contribution is 7.89. The van der Waals surface area contributed by atoms with Crippen LogP contribution in [0, 0.1) is 0 Å². The Labute approximate surface area is 106 Å². The third-order valence-electron chi connectivity index (χ3n) is 2.14. The quantitative estimate of drug-likeness (QED) is 0.489. The van der Waals surface area contributed by atoms with Gasteiger partial charge >= 0.3 is 0 Å². The van der Waals surface area contributed by atoms with Crippen LogP contribution in [0.2, 0.25) is 0 Å². The Hall–Kier alpha value is -1.00. The molecule has 104 valence electrons. The predicted molar refractivity (Wildman–Crippen MR) is 64.4 cm³/mol. The van der Waals surface area contributed by atoms with Crippen molar-refractivity contribution in [1.82, 2.24) is 14.9 Å². The lowest BCUT2D eigenvalue weighted by Crippen LogP contribution is -2.29. The number of nitrogens with zero attached hydrogens (tertiary/aromatic N) is 1. The number of nitrogens with two attached hydrogens (primary N) is 1. The molecule has 0 aliphatic heterocycles. The molecule has 0 aliphatic rings. The fourth-order valence-corrected chi connectivity index (χ4v) is 2.39. The summed E-state index contributed by atoms with van der Waals surface area (Å²) in [4.78, 5) is 0. The van der Waals surface area contributed by atoms with Gasteiger partial charge in [0, 0.05) is 25.8 Å². The lowest BCUT2D eigenvalue weighted by Gasteiger charge is -2.07. The first-order valence-corrected chi connectivity index (χ1v) is 6.88. The average molecular weight is 278 g/mol. The van der Waals surface area contributed by atoms with Crippen molar-refractivity contribution >= 4 is 10.0 Å². The Morgan fingerprint density at radius 2 is 2.22 bits per heavy atom. The van der Waals surface area contributed by atoms with E-state index in [1.54, 1.807) is 7.11 Å². The van der Waals surface area contributed by atoms with E-state index < -0.39 is 10.0 Å². The third kappa shape index (κ3) is 4.35. The number of sulfonamides is 1. The minimum absolute atomic E-state index is 0.00175. The number of methoxy groups -OCH3 is 1. The largest absolute Gasteiger partial charge is 0.382 e. The number of aromatic nitrogens is 2. The van der Waals surface area contributed by atoms with Gasteiger partial charge in [0.25, 0.3) is 10.0 Å². The molecule has 1 rings (SSSR count). The van der Waals surface area contributed by atoms with Crippen molar-refractivity contribution in [3.8, 4) is 0 Å². The molecule has 0 fully saturated rings. The lowest BCUT2D eigenvalue weighted by molar-refractivity contribution is 0.0736. The number of nitrogens with one attached hydrogen (secondary N) is 2. The summed E-state index contributed by atoms with van der Waals surface area (Å²) in [6, 6.07) is 0. The molecule has 0 saturated carbocycles. The van der Waals surface area contributed by atoms with E-state index >= 15 is 0 Å². The van der Waals surface area contributed by atoms with Crippen LogP contribution in [-0.4, -0.2) is 52.1 Å². The maximum Gasteiger partial charge on any atom is 0.257 e. The predicted octanol–water partition coefficient (Wildman–Crippen LogP) is -1.19. The Bertz CT molecular complexity index is 445. The van der Waals surface area contributed by atoms with Crippen molar-refractivity contribution in [2.24, 2.45) is 5.73 Å². The first kappa shape index (κ1) is 15.1. The van der Waals surface area contributed by atoms with Crippen molar-refractivity contribution in [3.63, 3.8) is 0 Å². The van der Waals surface area contributed by atoms with E-state index in [9.17, 15) is 8.42 Å². The molecule has 1 aromatic rings. The molecular weight excluding hydrogens is 260 g/mol. The van der Waals surface area contributed by atoms with E-state index in [0.29, 0.717) is 18.8 Å². The monoisotopic (exact) mass is 278 g/mol. The lowest BCUT2D eigenvalue weighted by atomic mass is 10.4. The summed E-state index contributed by atoms with van der Waals surface area (Å²) < 4.78 is 36.0. The molecule has 0 bridgehead atoms. The zero-order valence-corrected chi connectivity index (χ0v) is 11.0. The van der Waals surface area contributed by atoms with Crippen LogP contribution in [0.4, 0.5) is 0 Å². The topological polar surface area (TPSA) is 119 Å². The highest BCUT2D eigenvalue weighted by Gasteiger charge is 2.19. The molecule has 9 heteroatoms. The summed E-state index contributed by atoms with van der Waals surface area (Å²) in [5, 5.41) is 6.07. The molecule has 0 aromatic carbocycles. The number of hydrogen-bond donors (Lipinski definition) is 3. The van der Waals surface area contributed by atoms with Crippen molar-refractivity contribution in [2.75, 3.05) is 33.5 Å². The second-order valence-corrected chi connectivity index (χ2v) is 5.14. The van der Waals surface area contributed by atoms with Gasteiger partial charge in [-0.25, -0.2) is 13.1 Å². The smallest absolute Gasteiger partial charge is 0.257 e. The maximum atomic E-state index is 11.8. The number of aromatic amines is 1. The molecule has 1 aromatic heterocycles. The molecule has 0 atom stereocenters. The maximum absolute atomic E-state index is 11.8. The van der Waals surface area contributed by atoms with E-state index in [2.05, 4.69) is 14.9 Å². The molecule has 0 unspecified atom stereocenters. The average Bonchev–Trinajstić information content (AvgIpc) is 2.82. The van der Waals surface area contributed by atoms with Crippen LogP contribution in [0.1, 0.15) is 5.56 Å². The summed E-state index contributed by atoms with van der Waals surface area (Å²) >= 11 is 0. The molecule has 8 nitrogen and oxygen atoms in total. The fourth-order valence-electron chi connectivity index (χ4n) is 1.24. The minimum Gasteiger partial charge on any atom is -0.382 e. The fraction of sp³-hybridized carbons (Fsp3) is 0.667. The summed E-state index contributed by atoms with van der Waals surface area (Å²) in [7, 11) is -2.04. The van der Waals surface area contributed by atoms with E-state index in [-0.39, 0.29) is 24.7 Å². The molecule has 0 amide bonds. The summed E-state index contributed by atoms with van der Waals surface area (Å²) in [5.74, 6) is 0. The molecule has 0 aliphatic carbocycles. The molecule has 18 heavy (non-hydrogen) atoms. The van der Waals surface area contributed by atoms with E-state index in [4.69, 9.17) is 15.2 Å². The van der Waals surface area contributed by atoms with Gasteiger partial charge < -0.3 is 15.2 Å². The Kier molecular flexibility index (Phi) is 6.22. The van der Waals surface area contributed by atoms with Crippen LogP contribution in [0.3, 0.4) is 0 Å². The zero-order chi connectivity index (χ0) is 13.4. The van der Waals surface area contributed by atoms with Gasteiger partial charge in [-0.05, 0) is 0 Å². The highest BCUT2D eigenvalue weighted by atomic mass is 32.2. The molecular formula is C9H18N4O4S. The number of hydrogen-bond acceptors (Lipinski definition) is 6. The second-order valence-electron chi connectivity index (χ2n) is 3.43. The minimum atomic E-state index is -3.61. The zero-order valence-electron chi connectivity index (χ0n) is 10.2. The van der Waals surface area contributed by atoms with Crippen molar-refractivity contribution in [3.05, 3.63) is 11.8 Å². The van der Waals surface area contributed by atoms with Crippen LogP contribution in [-0.2, 0) is 26.0 Å². The van der Waals surface area contributed by atoms with Gasteiger partial charge in [-0.3, -0.25) is 5.10 Å². The van der Waals surface area contributed by atoms with E-state index in [1.807, 2.05) is 0 Å². The first-order chi connectivity index (χ1) is 8.61. The van der Waals surface area contributed by atoms with Gasteiger partial charge in [-0.1, -0.05) is 0 Å². The van der Waals surface area contributed by atoms with Crippen molar-refractivity contribution < 1.29 is 17.9 Å². The van der Waals surface area contributed by atoms with Gasteiger partial charge in [-0.2, -0.15) is 5.10 Å². The highest BCUT2D eigenvalue weighted by Crippen LogP contribution is 2.10. The second kappa shape index (κ2) is 7.44. The van der Waals surface area contributed by atoms with Crippen LogP contribution in [0.15, 0.2) is 11.2 Å². The Balaban J connectivity index is 2.41. The van der Waals surface area contributed by atoms with Crippen LogP contribution >= 0.6 is 0 Å². The first-order valence-electron chi connectivity index (χ1n) is 5.40. The third-order valence-corrected chi connectivity index (χ3v) is 3.61. The molecule has 1 heterocycles. The molecule has 4 N–H and O–H groups in total. The standard InChI is InChI=1S/C9H18N4O4S/c1-16-4-5-17-3-2-12-18(14,15)9-8(6-10)7-11-13-9/h7,12H,2-6,10H2,1H3,(H,11,13). The molecule has 0 saturated heterocycles. The number of ether oxygens (including phenoxy) is 2. The van der Waals surface area contributed by atoms with Gasteiger partial charge in [-0.15, -0.1) is 0 Å². The normalized spacial score (nSPS) is 11.9. The number of rotatable bonds is 9. The van der Waals surface area contributed by atoms with Crippen LogP contribution < -0.4 is 10.5 Å². The van der Waals surface area contributed by atoms with Gasteiger partial charge in [0.1, 0.15) is 0 Å². The van der Waals surface area contributed by atoms with E-state index in [0.717, 1.165) is 0 Å².